The minimum atomic E-state index is -0.00907. The second-order valence-corrected chi connectivity index (χ2v) is 8.19. The van der Waals surface area contributed by atoms with Crippen molar-refractivity contribution in [1.29, 1.82) is 0 Å². The van der Waals surface area contributed by atoms with Gasteiger partial charge in [0.05, 0.1) is 0 Å². The lowest BCUT2D eigenvalue weighted by atomic mass is 9.91. The summed E-state index contributed by atoms with van der Waals surface area (Å²) in [6, 6.07) is 8.03. The lowest BCUT2D eigenvalue weighted by Crippen LogP contribution is -2.40. The molecule has 6 nitrogen and oxygen atoms in total. The summed E-state index contributed by atoms with van der Waals surface area (Å²) < 4.78 is 0.915. The molecular formula is C20H26BrN5O. The summed E-state index contributed by atoms with van der Waals surface area (Å²) in [5.41, 5.74) is 1.75. The van der Waals surface area contributed by atoms with Crippen LogP contribution in [0.25, 0.3) is 0 Å². The molecule has 3 rings (SSSR count). The van der Waals surface area contributed by atoms with Gasteiger partial charge >= 0.3 is 0 Å². The third-order valence-electron chi connectivity index (χ3n) is 4.85. The van der Waals surface area contributed by atoms with Crippen LogP contribution in [-0.2, 0) is 0 Å². The molecule has 0 spiro atoms. The average molecular weight is 432 g/mol. The smallest absolute Gasteiger partial charge is 0.251 e. The van der Waals surface area contributed by atoms with Crippen LogP contribution >= 0.6 is 15.9 Å². The van der Waals surface area contributed by atoms with Crippen LogP contribution in [0.1, 0.15) is 41.6 Å². The maximum absolute atomic E-state index is 12.4. The van der Waals surface area contributed by atoms with E-state index < -0.39 is 0 Å². The summed E-state index contributed by atoms with van der Waals surface area (Å²) in [7, 11) is 3.97. The minimum absolute atomic E-state index is 0.00907. The Morgan fingerprint density at radius 2 is 1.89 bits per heavy atom. The highest BCUT2D eigenvalue weighted by Gasteiger charge is 2.23. The number of anilines is 2. The second kappa shape index (κ2) is 8.69. The van der Waals surface area contributed by atoms with Gasteiger partial charge in [0, 0.05) is 48.0 Å². The van der Waals surface area contributed by atoms with Crippen molar-refractivity contribution in [3.63, 3.8) is 0 Å². The minimum Gasteiger partial charge on any atom is -0.362 e. The van der Waals surface area contributed by atoms with Gasteiger partial charge in [-0.15, -0.1) is 0 Å². The van der Waals surface area contributed by atoms with Crippen molar-refractivity contribution in [1.82, 2.24) is 15.3 Å². The van der Waals surface area contributed by atoms with Gasteiger partial charge in [-0.25, -0.2) is 4.98 Å². The molecule has 0 unspecified atom stereocenters. The second-order valence-electron chi connectivity index (χ2n) is 7.27. The van der Waals surface area contributed by atoms with E-state index in [9.17, 15) is 4.79 Å². The Kier molecular flexibility index (Phi) is 6.31. The van der Waals surface area contributed by atoms with Gasteiger partial charge in [0.15, 0.2) is 0 Å². The van der Waals surface area contributed by atoms with Gasteiger partial charge in [0.25, 0.3) is 5.91 Å². The molecule has 1 fully saturated rings. The molecule has 7 heteroatoms. The molecule has 1 amide bonds. The van der Waals surface area contributed by atoms with Crippen LogP contribution in [0.3, 0.4) is 0 Å². The molecule has 144 valence electrons. The Morgan fingerprint density at radius 1 is 1.19 bits per heavy atom. The van der Waals surface area contributed by atoms with Gasteiger partial charge < -0.3 is 15.5 Å². The van der Waals surface area contributed by atoms with Gasteiger partial charge in [-0.1, -0.05) is 22.0 Å². The van der Waals surface area contributed by atoms with E-state index in [0.717, 1.165) is 41.5 Å². The molecule has 27 heavy (non-hydrogen) atoms. The maximum atomic E-state index is 12.4. The Labute approximate surface area is 168 Å². The number of hydrogen-bond acceptors (Lipinski definition) is 5. The summed E-state index contributed by atoms with van der Waals surface area (Å²) >= 11 is 3.41. The zero-order chi connectivity index (χ0) is 19.4. The van der Waals surface area contributed by atoms with Crippen molar-refractivity contribution in [2.75, 3.05) is 24.3 Å². The number of nitrogens with zero attached hydrogens (tertiary/aromatic N) is 3. The quantitative estimate of drug-likeness (QED) is 0.753. The fraction of sp³-hybridized carbons (Fsp3) is 0.450. The molecule has 0 radical (unpaired) electrons. The number of carbonyl (C=O) groups excluding carboxylic acids is 1. The van der Waals surface area contributed by atoms with Gasteiger partial charge in [-0.2, -0.15) is 4.98 Å². The molecule has 0 bridgehead atoms. The van der Waals surface area contributed by atoms with E-state index in [1.54, 1.807) is 0 Å². The first kappa shape index (κ1) is 19.6. The van der Waals surface area contributed by atoms with Crippen LogP contribution in [0.5, 0.6) is 0 Å². The summed E-state index contributed by atoms with van der Waals surface area (Å²) in [4.78, 5) is 23.4. The number of rotatable bonds is 5. The molecule has 1 aliphatic rings. The first-order valence-electron chi connectivity index (χ1n) is 9.26. The van der Waals surface area contributed by atoms with E-state index in [1.807, 2.05) is 56.4 Å². The highest BCUT2D eigenvalue weighted by molar-refractivity contribution is 9.10. The predicted octanol–water partition coefficient (Wildman–Crippen LogP) is 3.77. The van der Waals surface area contributed by atoms with Crippen molar-refractivity contribution in [3.05, 3.63) is 46.1 Å². The van der Waals surface area contributed by atoms with E-state index in [0.29, 0.717) is 17.6 Å². The first-order valence-corrected chi connectivity index (χ1v) is 10.1. The third kappa shape index (κ3) is 5.19. The average Bonchev–Trinajstić information content (AvgIpc) is 2.64. The zero-order valence-corrected chi connectivity index (χ0v) is 17.6. The number of benzene rings is 1. The predicted molar refractivity (Wildman–Crippen MR) is 112 cm³/mol. The maximum Gasteiger partial charge on any atom is 0.251 e. The van der Waals surface area contributed by atoms with Gasteiger partial charge in [-0.05, 0) is 50.8 Å². The summed E-state index contributed by atoms with van der Waals surface area (Å²) in [5.74, 6) is 1.60. The highest BCUT2D eigenvalue weighted by atomic mass is 79.9. The number of hydrogen-bond donors (Lipinski definition) is 2. The summed E-state index contributed by atoms with van der Waals surface area (Å²) in [6.07, 6.45) is 5.72. The molecule has 0 atom stereocenters. The van der Waals surface area contributed by atoms with E-state index in [4.69, 9.17) is 0 Å². The SMILES string of the molecule is Cc1cnc(NC2CCC(NC(=O)c3cccc(Br)c3)CC2)nc1N(C)C. The normalized spacial score (nSPS) is 19.4. The molecule has 2 aromatic rings. The van der Waals surface area contributed by atoms with Crippen molar-refractivity contribution >= 4 is 33.6 Å². The van der Waals surface area contributed by atoms with E-state index in [1.165, 1.54) is 0 Å². The van der Waals surface area contributed by atoms with Crippen molar-refractivity contribution in [2.45, 2.75) is 44.7 Å². The Balaban J connectivity index is 1.52. The number of aromatic nitrogens is 2. The van der Waals surface area contributed by atoms with Crippen LogP contribution < -0.4 is 15.5 Å². The standard InChI is InChI=1S/C20H26BrN5O/c1-13-12-22-20(25-18(13)26(2)3)24-17-9-7-16(8-10-17)23-19(27)14-5-4-6-15(21)11-14/h4-6,11-12,16-17H,7-10H2,1-3H3,(H,23,27)(H,22,24,25). The van der Waals surface area contributed by atoms with Gasteiger partial charge in [0.2, 0.25) is 5.95 Å². The fourth-order valence-corrected chi connectivity index (χ4v) is 3.82. The lowest BCUT2D eigenvalue weighted by molar-refractivity contribution is 0.0926. The number of carbonyl (C=O) groups is 1. The van der Waals surface area contributed by atoms with Crippen LogP contribution in [0.2, 0.25) is 0 Å². The Bertz CT molecular complexity index is 803. The molecule has 0 saturated heterocycles. The van der Waals surface area contributed by atoms with E-state index >= 15 is 0 Å². The Morgan fingerprint density at radius 3 is 2.56 bits per heavy atom. The molecule has 1 aromatic carbocycles. The lowest BCUT2D eigenvalue weighted by Gasteiger charge is -2.30. The van der Waals surface area contributed by atoms with Gasteiger partial charge in [-0.3, -0.25) is 4.79 Å². The highest BCUT2D eigenvalue weighted by Crippen LogP contribution is 2.23. The van der Waals surface area contributed by atoms with E-state index in [2.05, 4.69) is 36.5 Å². The monoisotopic (exact) mass is 431 g/mol. The third-order valence-corrected chi connectivity index (χ3v) is 5.34. The molecule has 1 aromatic heterocycles. The fourth-order valence-electron chi connectivity index (χ4n) is 3.42. The number of nitrogens with one attached hydrogen (secondary N) is 2. The number of halogens is 1. The topological polar surface area (TPSA) is 70.1 Å². The molecule has 2 N–H and O–H groups in total. The molecular weight excluding hydrogens is 406 g/mol. The number of amides is 1. The molecule has 0 aliphatic heterocycles. The van der Waals surface area contributed by atoms with Crippen LogP contribution in [-0.4, -0.2) is 42.1 Å². The van der Waals surface area contributed by atoms with E-state index in [-0.39, 0.29) is 11.9 Å². The molecule has 1 saturated carbocycles. The van der Waals surface area contributed by atoms with Crippen molar-refractivity contribution < 1.29 is 4.79 Å². The first-order chi connectivity index (χ1) is 12.9. The Hall–Kier alpha value is -2.15. The van der Waals surface area contributed by atoms with Gasteiger partial charge in [0.1, 0.15) is 5.82 Å². The largest absolute Gasteiger partial charge is 0.362 e. The molecule has 1 heterocycles. The zero-order valence-electron chi connectivity index (χ0n) is 16.0. The number of aryl methyl sites for hydroxylation is 1. The van der Waals surface area contributed by atoms with Crippen LogP contribution in [0, 0.1) is 6.92 Å². The van der Waals surface area contributed by atoms with Crippen LogP contribution in [0.15, 0.2) is 34.9 Å². The van der Waals surface area contributed by atoms with Crippen molar-refractivity contribution in [3.8, 4) is 0 Å². The summed E-state index contributed by atoms with van der Waals surface area (Å²) in [6.45, 7) is 2.01. The van der Waals surface area contributed by atoms with Crippen LogP contribution in [0.4, 0.5) is 11.8 Å². The van der Waals surface area contributed by atoms with Crippen molar-refractivity contribution in [2.24, 2.45) is 0 Å². The summed E-state index contributed by atoms with van der Waals surface area (Å²) in [5, 5.41) is 6.60. The molecule has 1 aliphatic carbocycles.